The minimum atomic E-state index is -3.55. The Kier molecular flexibility index (Phi) is 5.93. The van der Waals surface area contributed by atoms with Crippen LogP contribution in [0, 0.1) is 0 Å². The van der Waals surface area contributed by atoms with Crippen molar-refractivity contribution < 1.29 is 13.2 Å². The number of amides is 1. The Balaban J connectivity index is 1.86. The van der Waals surface area contributed by atoms with E-state index in [9.17, 15) is 13.2 Å². The van der Waals surface area contributed by atoms with Gasteiger partial charge in [0, 0.05) is 32.1 Å². The number of carbonyl (C=O) groups excluding carboxylic acids is 1. The van der Waals surface area contributed by atoms with Gasteiger partial charge in [-0.05, 0) is 31.4 Å². The molecule has 1 aliphatic heterocycles. The van der Waals surface area contributed by atoms with Crippen LogP contribution in [0.3, 0.4) is 0 Å². The van der Waals surface area contributed by atoms with Crippen molar-refractivity contribution in [2.75, 3.05) is 19.6 Å². The standard InChI is InChI=1S/C15H23N3O3S/c16-12-13-6-4-5-11-18(13)15(19)9-10-17-22(20,21)14-7-2-1-3-8-14/h1-3,7-8,13,17H,4-6,9-12,16H2. The molecule has 7 heteroatoms. The Morgan fingerprint density at radius 1 is 1.27 bits per heavy atom. The molecule has 1 heterocycles. The van der Waals surface area contributed by atoms with Gasteiger partial charge in [0.05, 0.1) is 4.90 Å². The molecule has 1 atom stereocenters. The molecule has 122 valence electrons. The highest BCUT2D eigenvalue weighted by Gasteiger charge is 2.25. The third-order valence-electron chi connectivity index (χ3n) is 3.90. The van der Waals surface area contributed by atoms with Gasteiger partial charge in [0.15, 0.2) is 0 Å². The van der Waals surface area contributed by atoms with Crippen LogP contribution in [0.4, 0.5) is 0 Å². The van der Waals surface area contributed by atoms with Gasteiger partial charge >= 0.3 is 0 Å². The van der Waals surface area contributed by atoms with Gasteiger partial charge in [-0.1, -0.05) is 18.2 Å². The van der Waals surface area contributed by atoms with Gasteiger partial charge in [0.2, 0.25) is 15.9 Å². The number of hydrogen-bond donors (Lipinski definition) is 2. The molecule has 1 unspecified atom stereocenters. The average Bonchev–Trinajstić information content (AvgIpc) is 2.55. The van der Waals surface area contributed by atoms with Crippen molar-refractivity contribution in [1.82, 2.24) is 9.62 Å². The predicted octanol–water partition coefficient (Wildman–Crippen LogP) is 0.695. The summed E-state index contributed by atoms with van der Waals surface area (Å²) in [5.74, 6) is -0.0362. The number of piperidine rings is 1. The van der Waals surface area contributed by atoms with Crippen LogP contribution in [0.1, 0.15) is 25.7 Å². The van der Waals surface area contributed by atoms with Crippen molar-refractivity contribution in [2.45, 2.75) is 36.6 Å². The van der Waals surface area contributed by atoms with Crippen molar-refractivity contribution in [3.8, 4) is 0 Å². The normalized spacial score (nSPS) is 19.1. The molecule has 1 aliphatic rings. The molecule has 0 spiro atoms. The molecular weight excluding hydrogens is 302 g/mol. The van der Waals surface area contributed by atoms with E-state index < -0.39 is 10.0 Å². The molecular formula is C15H23N3O3S. The Morgan fingerprint density at radius 2 is 2.00 bits per heavy atom. The smallest absolute Gasteiger partial charge is 0.240 e. The highest BCUT2D eigenvalue weighted by molar-refractivity contribution is 7.89. The molecule has 22 heavy (non-hydrogen) atoms. The summed E-state index contributed by atoms with van der Waals surface area (Å²) < 4.78 is 26.6. The highest BCUT2D eigenvalue weighted by Crippen LogP contribution is 2.17. The SMILES string of the molecule is NCC1CCCCN1C(=O)CCNS(=O)(=O)c1ccccc1. The first-order valence-electron chi connectivity index (χ1n) is 7.59. The number of benzene rings is 1. The largest absolute Gasteiger partial charge is 0.338 e. The van der Waals surface area contributed by atoms with E-state index in [0.29, 0.717) is 13.1 Å². The van der Waals surface area contributed by atoms with Crippen molar-refractivity contribution in [2.24, 2.45) is 5.73 Å². The summed E-state index contributed by atoms with van der Waals surface area (Å²) in [7, 11) is -3.55. The molecule has 3 N–H and O–H groups in total. The molecule has 1 saturated heterocycles. The summed E-state index contributed by atoms with van der Waals surface area (Å²) in [5, 5.41) is 0. The maximum atomic E-state index is 12.2. The fourth-order valence-corrected chi connectivity index (χ4v) is 3.75. The van der Waals surface area contributed by atoms with Crippen LogP contribution in [0.25, 0.3) is 0 Å². The van der Waals surface area contributed by atoms with Crippen LogP contribution in [-0.2, 0) is 14.8 Å². The first kappa shape index (κ1) is 16.9. The zero-order chi connectivity index (χ0) is 16.0. The number of sulfonamides is 1. The van der Waals surface area contributed by atoms with Crippen LogP contribution in [-0.4, -0.2) is 44.9 Å². The molecule has 0 aliphatic carbocycles. The molecule has 1 fully saturated rings. The van der Waals surface area contributed by atoms with E-state index in [1.54, 1.807) is 23.1 Å². The summed E-state index contributed by atoms with van der Waals surface area (Å²) in [6.07, 6.45) is 3.16. The van der Waals surface area contributed by atoms with Gasteiger partial charge in [-0.15, -0.1) is 0 Å². The monoisotopic (exact) mass is 325 g/mol. The second-order valence-electron chi connectivity index (χ2n) is 5.43. The van der Waals surface area contributed by atoms with E-state index in [-0.39, 0.29) is 29.8 Å². The fraction of sp³-hybridized carbons (Fsp3) is 0.533. The Morgan fingerprint density at radius 3 is 2.68 bits per heavy atom. The van der Waals surface area contributed by atoms with Gasteiger partial charge in [-0.2, -0.15) is 0 Å². The zero-order valence-corrected chi connectivity index (χ0v) is 13.4. The third-order valence-corrected chi connectivity index (χ3v) is 5.38. The fourth-order valence-electron chi connectivity index (χ4n) is 2.69. The molecule has 1 amide bonds. The lowest BCUT2D eigenvalue weighted by molar-refractivity contribution is -0.134. The molecule has 0 saturated carbocycles. The predicted molar refractivity (Wildman–Crippen MR) is 84.7 cm³/mol. The van der Waals surface area contributed by atoms with Crippen LogP contribution in [0.5, 0.6) is 0 Å². The molecule has 2 rings (SSSR count). The van der Waals surface area contributed by atoms with Crippen molar-refractivity contribution in [1.29, 1.82) is 0 Å². The van der Waals surface area contributed by atoms with Crippen molar-refractivity contribution in [3.63, 3.8) is 0 Å². The quantitative estimate of drug-likeness (QED) is 0.805. The van der Waals surface area contributed by atoms with Gasteiger partial charge < -0.3 is 10.6 Å². The Hall–Kier alpha value is -1.44. The van der Waals surface area contributed by atoms with Gasteiger partial charge in [-0.3, -0.25) is 4.79 Å². The second-order valence-corrected chi connectivity index (χ2v) is 7.20. The topological polar surface area (TPSA) is 92.5 Å². The summed E-state index contributed by atoms with van der Waals surface area (Å²) in [5.41, 5.74) is 5.70. The highest BCUT2D eigenvalue weighted by atomic mass is 32.2. The Labute approximate surface area is 131 Å². The number of carbonyl (C=O) groups is 1. The molecule has 1 aromatic rings. The van der Waals surface area contributed by atoms with Crippen LogP contribution >= 0.6 is 0 Å². The van der Waals surface area contributed by atoms with Crippen molar-refractivity contribution >= 4 is 15.9 Å². The first-order chi connectivity index (χ1) is 10.5. The maximum absolute atomic E-state index is 12.2. The molecule has 1 aromatic carbocycles. The van der Waals surface area contributed by atoms with Crippen LogP contribution in [0.15, 0.2) is 35.2 Å². The van der Waals surface area contributed by atoms with Crippen molar-refractivity contribution in [3.05, 3.63) is 30.3 Å². The molecule has 6 nitrogen and oxygen atoms in total. The lowest BCUT2D eigenvalue weighted by atomic mass is 10.0. The lowest BCUT2D eigenvalue weighted by Gasteiger charge is -2.35. The zero-order valence-electron chi connectivity index (χ0n) is 12.6. The number of likely N-dealkylation sites (tertiary alicyclic amines) is 1. The minimum absolute atomic E-state index is 0.0362. The minimum Gasteiger partial charge on any atom is -0.338 e. The summed E-state index contributed by atoms with van der Waals surface area (Å²) >= 11 is 0. The van der Waals surface area contributed by atoms with E-state index in [2.05, 4.69) is 4.72 Å². The number of nitrogens with zero attached hydrogens (tertiary/aromatic N) is 1. The van der Waals surface area contributed by atoms with Gasteiger partial charge in [-0.25, -0.2) is 13.1 Å². The summed E-state index contributed by atoms with van der Waals surface area (Å²) in [4.78, 5) is 14.2. The first-order valence-corrected chi connectivity index (χ1v) is 9.07. The van der Waals surface area contributed by atoms with Gasteiger partial charge in [0.25, 0.3) is 0 Å². The van der Waals surface area contributed by atoms with E-state index in [1.165, 1.54) is 12.1 Å². The van der Waals surface area contributed by atoms with E-state index in [0.717, 1.165) is 19.3 Å². The number of nitrogens with one attached hydrogen (secondary N) is 1. The number of rotatable bonds is 6. The molecule has 0 radical (unpaired) electrons. The number of nitrogens with two attached hydrogens (primary N) is 1. The summed E-state index contributed by atoms with van der Waals surface area (Å²) in [6, 6.07) is 8.23. The average molecular weight is 325 g/mol. The van der Waals surface area contributed by atoms with E-state index in [4.69, 9.17) is 5.73 Å². The van der Waals surface area contributed by atoms with Gasteiger partial charge in [0.1, 0.15) is 0 Å². The van der Waals surface area contributed by atoms with E-state index in [1.807, 2.05) is 0 Å². The third kappa shape index (κ3) is 4.28. The molecule has 0 aromatic heterocycles. The van der Waals surface area contributed by atoms with Crippen LogP contribution < -0.4 is 10.5 Å². The second kappa shape index (κ2) is 7.71. The van der Waals surface area contributed by atoms with E-state index >= 15 is 0 Å². The van der Waals surface area contributed by atoms with Crippen LogP contribution in [0.2, 0.25) is 0 Å². The maximum Gasteiger partial charge on any atom is 0.240 e. The Bertz CT molecular complexity index is 589. The lowest BCUT2D eigenvalue weighted by Crippen LogP contribution is -2.48. The summed E-state index contributed by atoms with van der Waals surface area (Å²) in [6.45, 7) is 1.28. The molecule has 0 bridgehead atoms. The number of hydrogen-bond acceptors (Lipinski definition) is 4.